The number of carboxylic acid groups (broad SMARTS) is 1. The molecule has 2 rings (SSSR count). The molecule has 0 saturated carbocycles. The number of methoxy groups -OCH3 is 1. The summed E-state index contributed by atoms with van der Waals surface area (Å²) in [5.74, 6) is -0.791. The molecule has 0 bridgehead atoms. The summed E-state index contributed by atoms with van der Waals surface area (Å²) >= 11 is 0. The second-order valence-corrected chi connectivity index (χ2v) is 3.66. The Morgan fingerprint density at radius 1 is 1.12 bits per heavy atom. The van der Waals surface area contributed by atoms with Crippen LogP contribution < -0.4 is 0 Å². The summed E-state index contributed by atoms with van der Waals surface area (Å²) in [5, 5.41) is 10.9. The number of aliphatic carboxylic acids is 1. The molecule has 3 heteroatoms. The lowest BCUT2D eigenvalue weighted by Gasteiger charge is -2.00. The van der Waals surface area contributed by atoms with E-state index in [9.17, 15) is 4.79 Å². The Labute approximate surface area is 101 Å². The molecule has 3 nitrogen and oxygen atoms in total. The molecule has 1 N–H and O–H groups in total. The van der Waals surface area contributed by atoms with E-state index in [4.69, 9.17) is 5.11 Å². The maximum atomic E-state index is 10.5. The summed E-state index contributed by atoms with van der Waals surface area (Å²) in [6.07, 6.45) is 0.0881. The van der Waals surface area contributed by atoms with E-state index in [1.165, 1.54) is 0 Å². The van der Waals surface area contributed by atoms with Crippen LogP contribution in [0.15, 0.2) is 42.5 Å². The standard InChI is InChI=1S/C12H10O2.C2H6O/c13-12(14)8-9-5-6-10-3-1-2-4-11(10)7-9;1-3-2/h1-7H,8H2,(H,13,14);1-2H3. The minimum Gasteiger partial charge on any atom is -0.481 e. The molecule has 0 fully saturated rings. The molecule has 0 heterocycles. The number of carbonyl (C=O) groups is 1. The smallest absolute Gasteiger partial charge is 0.307 e. The predicted octanol–water partition coefficient (Wildman–Crippen LogP) is 2.73. The van der Waals surface area contributed by atoms with Gasteiger partial charge in [0, 0.05) is 14.2 Å². The fraction of sp³-hybridized carbons (Fsp3) is 0.214. The van der Waals surface area contributed by atoms with Crippen LogP contribution in [0.2, 0.25) is 0 Å². The first kappa shape index (κ1) is 13.2. The van der Waals surface area contributed by atoms with E-state index >= 15 is 0 Å². The SMILES string of the molecule is COC.O=C(O)Cc1ccc2ccccc2c1. The molecule has 0 unspecified atom stereocenters. The van der Waals surface area contributed by atoms with Crippen molar-refractivity contribution in [3.8, 4) is 0 Å². The van der Waals surface area contributed by atoms with Crippen LogP contribution in [0.3, 0.4) is 0 Å². The Bertz CT molecular complexity index is 492. The van der Waals surface area contributed by atoms with Crippen LogP contribution in [0.5, 0.6) is 0 Å². The highest BCUT2D eigenvalue weighted by Crippen LogP contribution is 2.15. The molecule has 0 aromatic heterocycles. The van der Waals surface area contributed by atoms with Crippen molar-refractivity contribution in [2.24, 2.45) is 0 Å². The topological polar surface area (TPSA) is 46.5 Å². The average Bonchev–Trinajstić information content (AvgIpc) is 2.29. The maximum absolute atomic E-state index is 10.5. The number of hydrogen-bond acceptors (Lipinski definition) is 2. The highest BCUT2D eigenvalue weighted by Gasteiger charge is 2.00. The summed E-state index contributed by atoms with van der Waals surface area (Å²) in [5.41, 5.74) is 0.844. The zero-order chi connectivity index (χ0) is 12.7. The second kappa shape index (κ2) is 6.66. The monoisotopic (exact) mass is 232 g/mol. The molecule has 0 atom stereocenters. The number of benzene rings is 2. The lowest BCUT2D eigenvalue weighted by atomic mass is 10.1. The molecular weight excluding hydrogens is 216 g/mol. The molecule has 90 valence electrons. The third-order valence-electron chi connectivity index (χ3n) is 2.17. The molecule has 17 heavy (non-hydrogen) atoms. The van der Waals surface area contributed by atoms with Gasteiger partial charge in [0.1, 0.15) is 0 Å². The van der Waals surface area contributed by atoms with Gasteiger partial charge in [0.05, 0.1) is 6.42 Å². The summed E-state index contributed by atoms with van der Waals surface area (Å²) in [6, 6.07) is 13.7. The molecule has 0 radical (unpaired) electrons. The van der Waals surface area contributed by atoms with Crippen molar-refractivity contribution in [2.75, 3.05) is 14.2 Å². The van der Waals surface area contributed by atoms with Gasteiger partial charge >= 0.3 is 5.97 Å². The molecule has 0 aliphatic carbocycles. The second-order valence-electron chi connectivity index (χ2n) is 3.66. The molecule has 0 amide bonds. The van der Waals surface area contributed by atoms with Crippen molar-refractivity contribution in [1.29, 1.82) is 0 Å². The van der Waals surface area contributed by atoms with Crippen molar-refractivity contribution in [3.05, 3.63) is 48.0 Å². The van der Waals surface area contributed by atoms with Crippen LogP contribution in [0.4, 0.5) is 0 Å². The van der Waals surface area contributed by atoms with Gasteiger partial charge in [-0.1, -0.05) is 42.5 Å². The van der Waals surface area contributed by atoms with E-state index < -0.39 is 5.97 Å². The van der Waals surface area contributed by atoms with Crippen LogP contribution in [0.25, 0.3) is 10.8 Å². The number of rotatable bonds is 2. The zero-order valence-corrected chi connectivity index (χ0v) is 10.0. The van der Waals surface area contributed by atoms with Crippen LogP contribution in [-0.2, 0) is 16.0 Å². The van der Waals surface area contributed by atoms with Crippen LogP contribution in [0, 0.1) is 0 Å². The molecule has 0 spiro atoms. The van der Waals surface area contributed by atoms with Gasteiger partial charge in [-0.2, -0.15) is 0 Å². The molecule has 2 aromatic rings. The first-order chi connectivity index (χ1) is 8.17. The van der Waals surface area contributed by atoms with Gasteiger partial charge in [0.2, 0.25) is 0 Å². The summed E-state index contributed by atoms with van der Waals surface area (Å²) in [7, 11) is 3.25. The van der Waals surface area contributed by atoms with Crippen molar-refractivity contribution < 1.29 is 14.6 Å². The number of fused-ring (bicyclic) bond motifs is 1. The van der Waals surface area contributed by atoms with E-state index in [1.807, 2.05) is 42.5 Å². The number of ether oxygens (including phenoxy) is 1. The van der Waals surface area contributed by atoms with Gasteiger partial charge in [-0.05, 0) is 16.3 Å². The lowest BCUT2D eigenvalue weighted by Crippen LogP contribution is -1.99. The Morgan fingerprint density at radius 2 is 1.71 bits per heavy atom. The maximum Gasteiger partial charge on any atom is 0.307 e. The van der Waals surface area contributed by atoms with Gasteiger partial charge in [0.25, 0.3) is 0 Å². The molecule has 0 saturated heterocycles. The van der Waals surface area contributed by atoms with Crippen LogP contribution in [-0.4, -0.2) is 25.3 Å². The first-order valence-electron chi connectivity index (χ1n) is 5.27. The van der Waals surface area contributed by atoms with Crippen LogP contribution in [0.1, 0.15) is 5.56 Å². The molecular formula is C14H16O3. The Kier molecular flexibility index (Phi) is 5.17. The van der Waals surface area contributed by atoms with Crippen molar-refractivity contribution in [1.82, 2.24) is 0 Å². The molecule has 0 aliphatic rings. The number of carboxylic acids is 1. The third kappa shape index (κ3) is 4.25. The minimum atomic E-state index is -0.791. The van der Waals surface area contributed by atoms with Crippen molar-refractivity contribution >= 4 is 16.7 Å². The Balaban J connectivity index is 0.000000437. The van der Waals surface area contributed by atoms with E-state index in [0.717, 1.165) is 16.3 Å². The fourth-order valence-corrected chi connectivity index (χ4v) is 1.52. The molecule has 0 aliphatic heterocycles. The lowest BCUT2D eigenvalue weighted by molar-refractivity contribution is -0.136. The van der Waals surface area contributed by atoms with Gasteiger partial charge in [-0.3, -0.25) is 4.79 Å². The largest absolute Gasteiger partial charge is 0.481 e. The summed E-state index contributed by atoms with van der Waals surface area (Å²) < 4.78 is 4.25. The third-order valence-corrected chi connectivity index (χ3v) is 2.17. The normalized spacial score (nSPS) is 9.53. The Morgan fingerprint density at radius 3 is 2.29 bits per heavy atom. The van der Waals surface area contributed by atoms with Crippen molar-refractivity contribution in [2.45, 2.75) is 6.42 Å². The van der Waals surface area contributed by atoms with Gasteiger partial charge in [0.15, 0.2) is 0 Å². The predicted molar refractivity (Wildman–Crippen MR) is 68.2 cm³/mol. The quantitative estimate of drug-likeness (QED) is 0.866. The molecule has 2 aromatic carbocycles. The first-order valence-corrected chi connectivity index (χ1v) is 5.27. The highest BCUT2D eigenvalue weighted by atomic mass is 16.4. The van der Waals surface area contributed by atoms with E-state index in [1.54, 1.807) is 14.2 Å². The van der Waals surface area contributed by atoms with Crippen LogP contribution >= 0.6 is 0 Å². The highest BCUT2D eigenvalue weighted by molar-refractivity contribution is 5.84. The minimum absolute atomic E-state index is 0.0881. The van der Waals surface area contributed by atoms with Crippen molar-refractivity contribution in [3.63, 3.8) is 0 Å². The summed E-state index contributed by atoms with van der Waals surface area (Å²) in [4.78, 5) is 10.5. The number of hydrogen-bond donors (Lipinski definition) is 1. The average molecular weight is 232 g/mol. The Hall–Kier alpha value is -1.87. The summed E-state index contributed by atoms with van der Waals surface area (Å²) in [6.45, 7) is 0. The van der Waals surface area contributed by atoms with Gasteiger partial charge in [-0.15, -0.1) is 0 Å². The van der Waals surface area contributed by atoms with E-state index in [-0.39, 0.29) is 6.42 Å². The fourth-order valence-electron chi connectivity index (χ4n) is 1.52. The van der Waals surface area contributed by atoms with Gasteiger partial charge in [-0.25, -0.2) is 0 Å². The van der Waals surface area contributed by atoms with Gasteiger partial charge < -0.3 is 9.84 Å². The van der Waals surface area contributed by atoms with E-state index in [0.29, 0.717) is 0 Å². The van der Waals surface area contributed by atoms with E-state index in [2.05, 4.69) is 4.74 Å². The zero-order valence-electron chi connectivity index (χ0n) is 10.0.